The van der Waals surface area contributed by atoms with Gasteiger partial charge in [-0.3, -0.25) is 19.9 Å². The van der Waals surface area contributed by atoms with Crippen LogP contribution < -0.4 is 4.90 Å². The Morgan fingerprint density at radius 2 is 2.26 bits per heavy atom. The van der Waals surface area contributed by atoms with Gasteiger partial charge in [0.1, 0.15) is 11.9 Å². The fraction of sp³-hybridized carbons (Fsp3) is 0.500. The topological polar surface area (TPSA) is 96.6 Å². The lowest BCUT2D eigenvalue weighted by Crippen LogP contribution is -2.32. The first-order chi connectivity index (χ1) is 8.93. The Morgan fingerprint density at radius 1 is 1.58 bits per heavy atom. The van der Waals surface area contributed by atoms with Gasteiger partial charge in [-0.25, -0.2) is 0 Å². The van der Waals surface area contributed by atoms with Crippen LogP contribution >= 0.6 is 0 Å². The van der Waals surface area contributed by atoms with Gasteiger partial charge in [-0.05, 0) is 26.3 Å². The number of aromatic nitrogens is 1. The molecule has 0 bridgehead atoms. The molecule has 0 aliphatic rings. The summed E-state index contributed by atoms with van der Waals surface area (Å²) in [4.78, 5) is 26.6. The minimum Gasteiger partial charge on any atom is -0.481 e. The first-order valence-electron chi connectivity index (χ1n) is 6.00. The molecule has 0 aliphatic heterocycles. The van der Waals surface area contributed by atoms with Crippen LogP contribution in [0, 0.1) is 10.1 Å². The number of anilines is 1. The van der Waals surface area contributed by atoms with Gasteiger partial charge in [0.2, 0.25) is 0 Å². The molecule has 104 valence electrons. The Kier molecular flexibility index (Phi) is 5.23. The first kappa shape index (κ1) is 14.9. The second-order valence-corrected chi connectivity index (χ2v) is 4.41. The number of carboxylic acid groups (broad SMARTS) is 1. The number of hydrogen-bond acceptors (Lipinski definition) is 5. The zero-order valence-electron chi connectivity index (χ0n) is 10.9. The van der Waals surface area contributed by atoms with E-state index >= 15 is 0 Å². The average molecular weight is 267 g/mol. The van der Waals surface area contributed by atoms with Crippen LogP contribution in [0.1, 0.15) is 26.7 Å². The number of hydrogen-bond donors (Lipinski definition) is 1. The van der Waals surface area contributed by atoms with Gasteiger partial charge in [-0.1, -0.05) is 0 Å². The van der Waals surface area contributed by atoms with E-state index in [-0.39, 0.29) is 18.2 Å². The lowest BCUT2D eigenvalue weighted by atomic mass is 10.2. The highest BCUT2D eigenvalue weighted by Gasteiger charge is 2.21. The van der Waals surface area contributed by atoms with Crippen LogP contribution in [-0.4, -0.2) is 33.6 Å². The van der Waals surface area contributed by atoms with Gasteiger partial charge >= 0.3 is 11.7 Å². The van der Waals surface area contributed by atoms with E-state index in [0.717, 1.165) is 0 Å². The molecule has 7 heteroatoms. The Bertz CT molecular complexity index is 462. The third-order valence-electron chi connectivity index (χ3n) is 2.70. The summed E-state index contributed by atoms with van der Waals surface area (Å²) >= 11 is 0. The fourth-order valence-corrected chi connectivity index (χ4v) is 1.82. The van der Waals surface area contributed by atoms with Crippen LogP contribution in [0.15, 0.2) is 18.5 Å². The first-order valence-corrected chi connectivity index (χ1v) is 6.00. The standard InChI is InChI=1S/C12H17N3O4/c1-9(2)14(7-3-4-12(16)17)10-5-6-13-8-11(10)15(18)19/h5-6,8-9H,3-4,7H2,1-2H3,(H,16,17). The average Bonchev–Trinajstić information content (AvgIpc) is 2.34. The third kappa shape index (κ3) is 4.20. The smallest absolute Gasteiger partial charge is 0.310 e. The van der Waals surface area contributed by atoms with Crippen LogP contribution in [0.3, 0.4) is 0 Å². The maximum Gasteiger partial charge on any atom is 0.310 e. The van der Waals surface area contributed by atoms with Crippen molar-refractivity contribution >= 4 is 17.3 Å². The van der Waals surface area contributed by atoms with Crippen molar-refractivity contribution in [2.75, 3.05) is 11.4 Å². The van der Waals surface area contributed by atoms with E-state index in [1.54, 1.807) is 6.07 Å². The van der Waals surface area contributed by atoms with Crippen LogP contribution in [-0.2, 0) is 4.79 Å². The predicted octanol–water partition coefficient (Wildman–Crippen LogP) is 2.07. The molecule has 0 atom stereocenters. The Balaban J connectivity index is 2.93. The molecule has 1 aromatic rings. The molecule has 0 spiro atoms. The van der Waals surface area contributed by atoms with Crippen molar-refractivity contribution in [2.24, 2.45) is 0 Å². The summed E-state index contributed by atoms with van der Waals surface area (Å²) in [7, 11) is 0. The van der Waals surface area contributed by atoms with Crippen LogP contribution in [0.2, 0.25) is 0 Å². The van der Waals surface area contributed by atoms with E-state index in [1.165, 1.54) is 12.4 Å². The van der Waals surface area contributed by atoms with Crippen molar-refractivity contribution in [1.82, 2.24) is 4.98 Å². The highest BCUT2D eigenvalue weighted by Crippen LogP contribution is 2.28. The van der Waals surface area contributed by atoms with Gasteiger partial charge < -0.3 is 10.0 Å². The predicted molar refractivity (Wildman–Crippen MR) is 70.2 cm³/mol. The maximum absolute atomic E-state index is 11.0. The number of carboxylic acids is 1. The molecule has 0 unspecified atom stereocenters. The fourth-order valence-electron chi connectivity index (χ4n) is 1.82. The molecule has 1 rings (SSSR count). The molecule has 0 radical (unpaired) electrons. The molecule has 1 aromatic heterocycles. The molecule has 7 nitrogen and oxygen atoms in total. The summed E-state index contributed by atoms with van der Waals surface area (Å²) in [6.45, 7) is 4.27. The number of nitro groups is 1. The summed E-state index contributed by atoms with van der Waals surface area (Å²) in [6.07, 6.45) is 3.19. The zero-order valence-corrected chi connectivity index (χ0v) is 10.9. The number of aliphatic carboxylic acids is 1. The number of pyridine rings is 1. The maximum atomic E-state index is 11.0. The molecule has 0 aliphatic carbocycles. The summed E-state index contributed by atoms with van der Waals surface area (Å²) in [5.74, 6) is -0.868. The summed E-state index contributed by atoms with van der Waals surface area (Å²) < 4.78 is 0. The van der Waals surface area contributed by atoms with Crippen molar-refractivity contribution in [3.8, 4) is 0 Å². The minimum absolute atomic E-state index is 0.0369. The molecule has 1 N–H and O–H groups in total. The lowest BCUT2D eigenvalue weighted by molar-refractivity contribution is -0.384. The van der Waals surface area contributed by atoms with Gasteiger partial charge in [0.25, 0.3) is 0 Å². The molecule has 0 saturated carbocycles. The van der Waals surface area contributed by atoms with E-state index < -0.39 is 10.9 Å². The monoisotopic (exact) mass is 267 g/mol. The summed E-state index contributed by atoms with van der Waals surface area (Å²) in [5.41, 5.74) is 0.409. The molecule has 19 heavy (non-hydrogen) atoms. The molecule has 0 aromatic carbocycles. The third-order valence-corrected chi connectivity index (χ3v) is 2.70. The van der Waals surface area contributed by atoms with Crippen LogP contribution in [0.5, 0.6) is 0 Å². The van der Waals surface area contributed by atoms with E-state index in [0.29, 0.717) is 18.7 Å². The van der Waals surface area contributed by atoms with Crippen molar-refractivity contribution < 1.29 is 14.8 Å². The second kappa shape index (κ2) is 6.67. The van der Waals surface area contributed by atoms with Crippen LogP contribution in [0.25, 0.3) is 0 Å². The van der Waals surface area contributed by atoms with Gasteiger partial charge in [-0.2, -0.15) is 0 Å². The molecule has 0 fully saturated rings. The van der Waals surface area contributed by atoms with Crippen molar-refractivity contribution in [3.63, 3.8) is 0 Å². The Morgan fingerprint density at radius 3 is 2.79 bits per heavy atom. The van der Waals surface area contributed by atoms with E-state index in [2.05, 4.69) is 4.98 Å². The van der Waals surface area contributed by atoms with E-state index in [4.69, 9.17) is 5.11 Å². The quantitative estimate of drug-likeness (QED) is 0.600. The summed E-state index contributed by atoms with van der Waals surface area (Å²) in [5, 5.41) is 19.6. The van der Waals surface area contributed by atoms with E-state index in [1.807, 2.05) is 18.7 Å². The Hall–Kier alpha value is -2.18. The SMILES string of the molecule is CC(C)N(CCCC(=O)O)c1ccncc1[N+](=O)[O-]. The van der Waals surface area contributed by atoms with Gasteiger partial charge in [0, 0.05) is 25.2 Å². The molecule has 1 heterocycles. The van der Waals surface area contributed by atoms with Crippen molar-refractivity contribution in [2.45, 2.75) is 32.7 Å². The zero-order chi connectivity index (χ0) is 14.4. The number of rotatable bonds is 7. The normalized spacial score (nSPS) is 10.5. The number of carbonyl (C=O) groups is 1. The van der Waals surface area contributed by atoms with Gasteiger partial charge in [0.15, 0.2) is 0 Å². The van der Waals surface area contributed by atoms with Crippen LogP contribution in [0.4, 0.5) is 11.4 Å². The number of nitrogens with zero attached hydrogens (tertiary/aromatic N) is 3. The molecular formula is C12H17N3O4. The molecular weight excluding hydrogens is 250 g/mol. The summed E-state index contributed by atoms with van der Waals surface area (Å²) in [6, 6.07) is 1.62. The highest BCUT2D eigenvalue weighted by molar-refractivity contribution is 5.67. The highest BCUT2D eigenvalue weighted by atomic mass is 16.6. The van der Waals surface area contributed by atoms with Crippen molar-refractivity contribution in [1.29, 1.82) is 0 Å². The van der Waals surface area contributed by atoms with E-state index in [9.17, 15) is 14.9 Å². The lowest BCUT2D eigenvalue weighted by Gasteiger charge is -2.28. The van der Waals surface area contributed by atoms with Gasteiger partial charge in [-0.15, -0.1) is 0 Å². The van der Waals surface area contributed by atoms with Crippen molar-refractivity contribution in [3.05, 3.63) is 28.6 Å². The largest absolute Gasteiger partial charge is 0.481 e. The van der Waals surface area contributed by atoms with Gasteiger partial charge in [0.05, 0.1) is 4.92 Å². The molecule has 0 amide bonds. The minimum atomic E-state index is -0.868. The Labute approximate surface area is 111 Å². The second-order valence-electron chi connectivity index (χ2n) is 4.41. The molecule has 0 saturated heterocycles.